The minimum absolute atomic E-state index is 0.482. The van der Waals surface area contributed by atoms with Gasteiger partial charge in [-0.3, -0.25) is 0 Å². The molecule has 2 aromatic heterocycles. The average molecular weight is 382 g/mol. The lowest BCUT2D eigenvalue weighted by Gasteiger charge is -2.20. The summed E-state index contributed by atoms with van der Waals surface area (Å²) in [5, 5.41) is 4.43. The van der Waals surface area contributed by atoms with E-state index < -0.39 is 0 Å². The van der Waals surface area contributed by atoms with Gasteiger partial charge in [0.25, 0.3) is 0 Å². The molecule has 0 bridgehead atoms. The first-order valence-electron chi connectivity index (χ1n) is 6.55. The lowest BCUT2D eigenvalue weighted by molar-refractivity contribution is 0.918. The van der Waals surface area contributed by atoms with E-state index in [1.54, 1.807) is 11.3 Å². The van der Waals surface area contributed by atoms with Crippen LogP contribution in [0.1, 0.15) is 10.4 Å². The van der Waals surface area contributed by atoms with Gasteiger partial charge in [-0.1, -0.05) is 24.3 Å². The van der Waals surface area contributed by atoms with E-state index in [9.17, 15) is 0 Å². The Morgan fingerprint density at radius 3 is 2.71 bits per heavy atom. The van der Waals surface area contributed by atoms with Crippen LogP contribution in [0.3, 0.4) is 0 Å². The first-order chi connectivity index (χ1) is 10.2. The minimum atomic E-state index is 0.482. The second-order valence-electron chi connectivity index (χ2n) is 4.87. The van der Waals surface area contributed by atoms with E-state index in [1.807, 2.05) is 18.3 Å². The highest BCUT2D eigenvalue weighted by Gasteiger charge is 2.11. The highest BCUT2D eigenvalue weighted by molar-refractivity contribution is 9.10. The molecule has 5 heteroatoms. The van der Waals surface area contributed by atoms with Gasteiger partial charge >= 0.3 is 0 Å². The molecule has 0 unspecified atom stereocenters. The van der Waals surface area contributed by atoms with Crippen molar-refractivity contribution in [3.8, 4) is 0 Å². The Hall–Kier alpha value is -1.10. The van der Waals surface area contributed by atoms with Crippen LogP contribution in [0.15, 0.2) is 46.4 Å². The predicted octanol–water partition coefficient (Wildman–Crippen LogP) is 5.43. The van der Waals surface area contributed by atoms with Crippen LogP contribution < -0.4 is 4.90 Å². The van der Waals surface area contributed by atoms with Crippen molar-refractivity contribution >= 4 is 55.5 Å². The molecule has 3 rings (SSSR count). The maximum Gasteiger partial charge on any atom is 0.136 e. The summed E-state index contributed by atoms with van der Waals surface area (Å²) in [6.07, 6.45) is 1.88. The van der Waals surface area contributed by atoms with Crippen molar-refractivity contribution < 1.29 is 0 Å². The predicted molar refractivity (Wildman–Crippen MR) is 95.4 cm³/mol. The molecule has 2 heterocycles. The van der Waals surface area contributed by atoms with Crippen LogP contribution in [0, 0.1) is 0 Å². The molecule has 0 aliphatic rings. The molecule has 0 amide bonds. The van der Waals surface area contributed by atoms with Crippen LogP contribution in [-0.4, -0.2) is 12.0 Å². The third-order valence-corrected chi connectivity index (χ3v) is 5.35. The minimum Gasteiger partial charge on any atom is -0.354 e. The molecule has 0 atom stereocenters. The molecular formula is C16H14BrClN2S. The fourth-order valence-electron chi connectivity index (χ4n) is 2.39. The Bertz CT molecular complexity index is 772. The molecule has 0 aliphatic carbocycles. The molecule has 0 saturated heterocycles. The van der Waals surface area contributed by atoms with Gasteiger partial charge in [-0.05, 0) is 32.9 Å². The Labute approximate surface area is 141 Å². The third kappa shape index (κ3) is 3.07. The van der Waals surface area contributed by atoms with Gasteiger partial charge in [-0.15, -0.1) is 22.9 Å². The maximum absolute atomic E-state index is 6.01. The quantitative estimate of drug-likeness (QED) is 0.560. The molecule has 108 valence electrons. The first kappa shape index (κ1) is 14.8. The number of hydrogen-bond acceptors (Lipinski definition) is 3. The number of rotatable bonds is 4. The van der Waals surface area contributed by atoms with Crippen molar-refractivity contribution in [2.24, 2.45) is 0 Å². The fraction of sp³-hybridized carbons (Fsp3) is 0.188. The number of benzene rings is 1. The molecule has 1 aromatic carbocycles. The van der Waals surface area contributed by atoms with Gasteiger partial charge in [-0.2, -0.15) is 0 Å². The number of aromatic nitrogens is 1. The molecule has 0 radical (unpaired) electrons. The summed E-state index contributed by atoms with van der Waals surface area (Å²) in [5.41, 5.74) is 1.07. The van der Waals surface area contributed by atoms with Crippen LogP contribution in [0.4, 0.5) is 5.82 Å². The highest BCUT2D eigenvalue weighted by Crippen LogP contribution is 2.29. The van der Waals surface area contributed by atoms with Gasteiger partial charge in [0.05, 0.1) is 6.54 Å². The lowest BCUT2D eigenvalue weighted by Crippen LogP contribution is -2.17. The average Bonchev–Trinajstić information content (AvgIpc) is 2.91. The van der Waals surface area contributed by atoms with E-state index in [4.69, 9.17) is 11.6 Å². The zero-order valence-electron chi connectivity index (χ0n) is 11.5. The van der Waals surface area contributed by atoms with Gasteiger partial charge in [0.1, 0.15) is 5.82 Å². The SMILES string of the molecule is CN(Cc1cc(Br)cs1)c1ncc(CCl)c2ccccc12. The number of alkyl halides is 1. The molecule has 0 spiro atoms. The zero-order chi connectivity index (χ0) is 14.8. The van der Waals surface area contributed by atoms with Crippen molar-refractivity contribution in [3.05, 3.63) is 56.8 Å². The van der Waals surface area contributed by atoms with Gasteiger partial charge in [-0.25, -0.2) is 4.98 Å². The van der Waals surface area contributed by atoms with E-state index >= 15 is 0 Å². The van der Waals surface area contributed by atoms with Gasteiger partial charge in [0.2, 0.25) is 0 Å². The smallest absolute Gasteiger partial charge is 0.136 e. The van der Waals surface area contributed by atoms with E-state index in [-0.39, 0.29) is 0 Å². The lowest BCUT2D eigenvalue weighted by atomic mass is 10.1. The van der Waals surface area contributed by atoms with Crippen LogP contribution in [-0.2, 0) is 12.4 Å². The molecule has 0 fully saturated rings. The summed E-state index contributed by atoms with van der Waals surface area (Å²) >= 11 is 11.3. The molecule has 2 nitrogen and oxygen atoms in total. The van der Waals surface area contributed by atoms with Crippen molar-refractivity contribution in [3.63, 3.8) is 0 Å². The standard InChI is InChI=1S/C16H14BrClN2S/c1-20(9-13-6-12(17)10-21-13)16-15-5-3-2-4-14(15)11(7-18)8-19-16/h2-6,8,10H,7,9H2,1H3. The van der Waals surface area contributed by atoms with Crippen LogP contribution in [0.2, 0.25) is 0 Å². The summed E-state index contributed by atoms with van der Waals surface area (Å²) in [6, 6.07) is 10.4. The van der Waals surface area contributed by atoms with Crippen molar-refractivity contribution in [1.29, 1.82) is 0 Å². The first-order valence-corrected chi connectivity index (χ1v) is 8.76. The zero-order valence-corrected chi connectivity index (χ0v) is 14.7. The number of pyridine rings is 1. The monoisotopic (exact) mass is 380 g/mol. The molecule has 21 heavy (non-hydrogen) atoms. The van der Waals surface area contributed by atoms with Crippen molar-refractivity contribution in [2.45, 2.75) is 12.4 Å². The highest BCUT2D eigenvalue weighted by atomic mass is 79.9. The summed E-state index contributed by atoms with van der Waals surface area (Å²) < 4.78 is 1.13. The van der Waals surface area contributed by atoms with Crippen LogP contribution >= 0.6 is 38.9 Å². The van der Waals surface area contributed by atoms with Crippen molar-refractivity contribution in [1.82, 2.24) is 4.98 Å². The van der Waals surface area contributed by atoms with Gasteiger partial charge in [0.15, 0.2) is 0 Å². The van der Waals surface area contributed by atoms with E-state index in [0.717, 1.165) is 27.8 Å². The largest absolute Gasteiger partial charge is 0.354 e. The Morgan fingerprint density at radius 1 is 1.29 bits per heavy atom. The number of hydrogen-bond donors (Lipinski definition) is 0. The molecule has 0 N–H and O–H groups in total. The molecule has 3 aromatic rings. The summed E-state index contributed by atoms with van der Waals surface area (Å²) in [7, 11) is 2.07. The molecule has 0 aliphatic heterocycles. The van der Waals surface area contributed by atoms with Gasteiger partial charge < -0.3 is 4.90 Å². The Morgan fingerprint density at radius 2 is 2.05 bits per heavy atom. The van der Waals surface area contributed by atoms with Crippen LogP contribution in [0.5, 0.6) is 0 Å². The number of fused-ring (bicyclic) bond motifs is 1. The van der Waals surface area contributed by atoms with E-state index in [2.05, 4.69) is 56.4 Å². The Kier molecular flexibility index (Phi) is 4.48. The molecule has 0 saturated carbocycles. The number of nitrogens with zero attached hydrogens (tertiary/aromatic N) is 2. The summed E-state index contributed by atoms with van der Waals surface area (Å²) in [6.45, 7) is 0.841. The maximum atomic E-state index is 6.01. The van der Waals surface area contributed by atoms with E-state index in [1.165, 1.54) is 10.3 Å². The second kappa shape index (κ2) is 6.34. The Balaban J connectivity index is 2.00. The number of anilines is 1. The van der Waals surface area contributed by atoms with Gasteiger partial charge in [0, 0.05) is 39.2 Å². The fourth-order valence-corrected chi connectivity index (χ4v) is 4.11. The molecular weight excluding hydrogens is 368 g/mol. The van der Waals surface area contributed by atoms with Crippen LogP contribution in [0.25, 0.3) is 10.8 Å². The third-order valence-electron chi connectivity index (χ3n) is 3.38. The van der Waals surface area contributed by atoms with E-state index in [0.29, 0.717) is 5.88 Å². The summed E-state index contributed by atoms with van der Waals surface area (Å²) in [5.74, 6) is 1.47. The van der Waals surface area contributed by atoms with Crippen molar-refractivity contribution in [2.75, 3.05) is 11.9 Å². The number of halogens is 2. The normalized spacial score (nSPS) is 11.0. The number of thiophene rings is 1. The topological polar surface area (TPSA) is 16.1 Å². The second-order valence-corrected chi connectivity index (χ2v) is 7.05. The summed E-state index contributed by atoms with van der Waals surface area (Å²) in [4.78, 5) is 8.10.